The van der Waals surface area contributed by atoms with E-state index in [4.69, 9.17) is 0 Å². The predicted molar refractivity (Wildman–Crippen MR) is 54.3 cm³/mol. The molecule has 0 aromatic carbocycles. The monoisotopic (exact) mass is 193 g/mol. The van der Waals surface area contributed by atoms with Crippen LogP contribution in [0.15, 0.2) is 17.1 Å². The zero-order chi connectivity index (χ0) is 9.97. The van der Waals surface area contributed by atoms with Crippen molar-refractivity contribution in [2.45, 2.75) is 18.8 Å². The molecule has 2 heterocycles. The van der Waals surface area contributed by atoms with Gasteiger partial charge in [-0.15, -0.1) is 0 Å². The fourth-order valence-electron chi connectivity index (χ4n) is 2.04. The summed E-state index contributed by atoms with van der Waals surface area (Å²) in [5.74, 6) is 0.462. The largest absolute Gasteiger partial charge is 0.345 e. The lowest BCUT2D eigenvalue weighted by Gasteiger charge is -2.29. The van der Waals surface area contributed by atoms with E-state index in [1.165, 1.54) is 6.42 Å². The topological polar surface area (TPSA) is 49.0 Å². The van der Waals surface area contributed by atoms with Gasteiger partial charge < -0.3 is 9.88 Å². The zero-order valence-electron chi connectivity index (χ0n) is 8.36. The minimum Gasteiger partial charge on any atom is -0.309 e. The predicted octanol–water partition coefficient (Wildman–Crippen LogP) is 0.579. The quantitative estimate of drug-likeness (QED) is 0.709. The molecule has 76 valence electrons. The van der Waals surface area contributed by atoms with Gasteiger partial charge in [0.25, 0.3) is 0 Å². The molecular formula is C10H15N3O. The Hall–Kier alpha value is -1.16. The van der Waals surface area contributed by atoms with Gasteiger partial charge in [-0.2, -0.15) is 0 Å². The lowest BCUT2D eigenvalue weighted by molar-refractivity contribution is 0.248. The molecule has 4 heteroatoms. The van der Waals surface area contributed by atoms with Gasteiger partial charge in [0.05, 0.1) is 0 Å². The lowest BCUT2D eigenvalue weighted by Crippen LogP contribution is -2.32. The standard InChI is InChI=1S/C10H15N3O/c1-13-6-2-3-8(7-13)9-4-5-11-10(14)12-9/h4-5,8H,2-3,6-7H2,1H3,(H,11,12,14). The molecule has 1 aliphatic rings. The third kappa shape index (κ3) is 2.01. The number of likely N-dealkylation sites (N-methyl/N-ethyl adjacent to an activating group) is 1. The lowest BCUT2D eigenvalue weighted by atomic mass is 9.95. The van der Waals surface area contributed by atoms with E-state index in [0.717, 1.165) is 25.2 Å². The van der Waals surface area contributed by atoms with E-state index in [0.29, 0.717) is 5.92 Å². The van der Waals surface area contributed by atoms with Gasteiger partial charge in [-0.1, -0.05) is 0 Å². The first-order valence-corrected chi connectivity index (χ1v) is 4.99. The summed E-state index contributed by atoms with van der Waals surface area (Å²) in [6, 6.07) is 1.91. The van der Waals surface area contributed by atoms with E-state index >= 15 is 0 Å². The maximum Gasteiger partial charge on any atom is 0.345 e. The number of hydrogen-bond acceptors (Lipinski definition) is 3. The number of aromatic nitrogens is 2. The van der Waals surface area contributed by atoms with Crippen LogP contribution in [-0.4, -0.2) is 35.0 Å². The van der Waals surface area contributed by atoms with Gasteiger partial charge in [0.2, 0.25) is 0 Å². The Labute approximate surface area is 83.0 Å². The van der Waals surface area contributed by atoms with E-state index in [-0.39, 0.29) is 5.69 Å². The molecule has 1 saturated heterocycles. The number of aromatic amines is 1. The summed E-state index contributed by atoms with van der Waals surface area (Å²) in [6.45, 7) is 2.19. The van der Waals surface area contributed by atoms with Crippen LogP contribution in [0.2, 0.25) is 0 Å². The number of H-pyrrole nitrogens is 1. The van der Waals surface area contributed by atoms with Crippen molar-refractivity contribution in [2.75, 3.05) is 20.1 Å². The number of hydrogen-bond donors (Lipinski definition) is 1. The van der Waals surface area contributed by atoms with Crippen LogP contribution >= 0.6 is 0 Å². The number of likely N-dealkylation sites (tertiary alicyclic amines) is 1. The molecule has 1 aromatic heterocycles. The highest BCUT2D eigenvalue weighted by Crippen LogP contribution is 2.23. The van der Waals surface area contributed by atoms with Crippen LogP contribution in [0.1, 0.15) is 24.5 Å². The van der Waals surface area contributed by atoms with Crippen molar-refractivity contribution < 1.29 is 0 Å². The normalized spacial score (nSPS) is 23.6. The Balaban J connectivity index is 2.18. The van der Waals surface area contributed by atoms with Gasteiger partial charge in [0, 0.05) is 24.4 Å². The van der Waals surface area contributed by atoms with Crippen molar-refractivity contribution in [3.63, 3.8) is 0 Å². The Kier molecular flexibility index (Phi) is 2.63. The fraction of sp³-hybridized carbons (Fsp3) is 0.600. The van der Waals surface area contributed by atoms with Crippen molar-refractivity contribution in [2.24, 2.45) is 0 Å². The van der Waals surface area contributed by atoms with Crippen molar-refractivity contribution in [1.82, 2.24) is 14.9 Å². The third-order valence-corrected chi connectivity index (χ3v) is 2.76. The van der Waals surface area contributed by atoms with Gasteiger partial charge >= 0.3 is 5.69 Å². The van der Waals surface area contributed by atoms with Gasteiger partial charge in [-0.3, -0.25) is 0 Å². The van der Waals surface area contributed by atoms with Crippen molar-refractivity contribution in [3.8, 4) is 0 Å². The van der Waals surface area contributed by atoms with Crippen LogP contribution in [0, 0.1) is 0 Å². The molecule has 1 aliphatic heterocycles. The highest BCUT2D eigenvalue weighted by Gasteiger charge is 2.19. The maximum atomic E-state index is 11.0. The summed E-state index contributed by atoms with van der Waals surface area (Å²) in [7, 11) is 2.12. The van der Waals surface area contributed by atoms with Crippen LogP contribution in [0.4, 0.5) is 0 Å². The van der Waals surface area contributed by atoms with E-state index in [1.807, 2.05) is 6.07 Å². The molecule has 1 aromatic rings. The fourth-order valence-corrected chi connectivity index (χ4v) is 2.04. The Morgan fingerprint density at radius 1 is 1.64 bits per heavy atom. The van der Waals surface area contributed by atoms with E-state index in [1.54, 1.807) is 6.20 Å². The molecule has 0 saturated carbocycles. The summed E-state index contributed by atoms with van der Waals surface area (Å²) in [5.41, 5.74) is 0.785. The van der Waals surface area contributed by atoms with E-state index < -0.39 is 0 Å². The molecule has 4 nitrogen and oxygen atoms in total. The molecule has 0 radical (unpaired) electrons. The maximum absolute atomic E-state index is 11.0. The van der Waals surface area contributed by atoms with Crippen molar-refractivity contribution >= 4 is 0 Å². The Morgan fingerprint density at radius 2 is 2.50 bits per heavy atom. The number of nitrogens with zero attached hydrogens (tertiary/aromatic N) is 2. The number of piperidine rings is 1. The number of nitrogens with one attached hydrogen (secondary N) is 1. The Bertz CT molecular complexity index is 360. The van der Waals surface area contributed by atoms with Crippen LogP contribution < -0.4 is 5.69 Å². The molecule has 0 aliphatic carbocycles. The van der Waals surface area contributed by atoms with Gasteiger partial charge in [0.15, 0.2) is 0 Å². The first-order chi connectivity index (χ1) is 6.75. The number of rotatable bonds is 1. The summed E-state index contributed by atoms with van der Waals surface area (Å²) < 4.78 is 0. The first-order valence-electron chi connectivity index (χ1n) is 4.99. The molecule has 2 rings (SSSR count). The summed E-state index contributed by atoms with van der Waals surface area (Å²) >= 11 is 0. The van der Waals surface area contributed by atoms with Gasteiger partial charge in [-0.25, -0.2) is 9.78 Å². The van der Waals surface area contributed by atoms with Crippen molar-refractivity contribution in [3.05, 3.63) is 28.4 Å². The summed E-state index contributed by atoms with van der Waals surface area (Å²) in [6.07, 6.45) is 3.94. The average molecular weight is 193 g/mol. The summed E-state index contributed by atoms with van der Waals surface area (Å²) in [4.78, 5) is 19.8. The molecule has 1 unspecified atom stereocenters. The van der Waals surface area contributed by atoms with Crippen LogP contribution in [0.5, 0.6) is 0 Å². The zero-order valence-corrected chi connectivity index (χ0v) is 8.36. The average Bonchev–Trinajstić information content (AvgIpc) is 2.18. The van der Waals surface area contributed by atoms with E-state index in [9.17, 15) is 4.79 Å². The van der Waals surface area contributed by atoms with E-state index in [2.05, 4.69) is 21.9 Å². The Morgan fingerprint density at radius 3 is 3.21 bits per heavy atom. The highest BCUT2D eigenvalue weighted by molar-refractivity contribution is 5.07. The third-order valence-electron chi connectivity index (χ3n) is 2.76. The smallest absolute Gasteiger partial charge is 0.309 e. The van der Waals surface area contributed by atoms with Crippen LogP contribution in [-0.2, 0) is 0 Å². The highest BCUT2D eigenvalue weighted by atomic mass is 16.1. The first kappa shape index (κ1) is 9.40. The molecule has 1 N–H and O–H groups in total. The molecule has 1 fully saturated rings. The van der Waals surface area contributed by atoms with Crippen LogP contribution in [0.25, 0.3) is 0 Å². The molecule has 0 amide bonds. The second-order valence-corrected chi connectivity index (χ2v) is 3.93. The van der Waals surface area contributed by atoms with Crippen molar-refractivity contribution in [1.29, 1.82) is 0 Å². The minimum absolute atomic E-state index is 0.240. The molecule has 0 bridgehead atoms. The second-order valence-electron chi connectivity index (χ2n) is 3.93. The molecule has 14 heavy (non-hydrogen) atoms. The second kappa shape index (κ2) is 3.92. The minimum atomic E-state index is -0.240. The molecule has 0 spiro atoms. The SMILES string of the molecule is CN1CCCC(c2ccnc(=O)[nH]2)C1. The molecule has 1 atom stereocenters. The van der Waals surface area contributed by atoms with Gasteiger partial charge in [0.1, 0.15) is 0 Å². The molecular weight excluding hydrogens is 178 g/mol. The summed E-state index contributed by atoms with van der Waals surface area (Å²) in [5, 5.41) is 0. The van der Waals surface area contributed by atoms with Gasteiger partial charge in [-0.05, 0) is 32.5 Å². The van der Waals surface area contributed by atoms with Crippen LogP contribution in [0.3, 0.4) is 0 Å².